The van der Waals surface area contributed by atoms with Crippen LogP contribution >= 0.6 is 11.8 Å². The lowest BCUT2D eigenvalue weighted by atomic mass is 10.2. The van der Waals surface area contributed by atoms with Crippen molar-refractivity contribution in [2.24, 2.45) is 0 Å². The van der Waals surface area contributed by atoms with Crippen LogP contribution in [0.2, 0.25) is 0 Å². The van der Waals surface area contributed by atoms with E-state index in [1.54, 1.807) is 12.1 Å². The van der Waals surface area contributed by atoms with E-state index in [1.807, 2.05) is 23.9 Å². The van der Waals surface area contributed by atoms with Gasteiger partial charge in [-0.2, -0.15) is 11.8 Å². The second-order valence-corrected chi connectivity index (χ2v) is 8.51. The van der Waals surface area contributed by atoms with Crippen LogP contribution in [0.4, 0.5) is 5.69 Å². The molecule has 0 bridgehead atoms. The Morgan fingerprint density at radius 3 is 2.40 bits per heavy atom. The van der Waals surface area contributed by atoms with Gasteiger partial charge in [0.25, 0.3) is 0 Å². The zero-order valence-electron chi connectivity index (χ0n) is 12.4. The van der Waals surface area contributed by atoms with E-state index in [-0.39, 0.29) is 0 Å². The largest absolute Gasteiger partial charge is 0.368 e. The van der Waals surface area contributed by atoms with Crippen molar-refractivity contribution in [3.05, 3.63) is 24.3 Å². The fourth-order valence-electron chi connectivity index (χ4n) is 2.71. The van der Waals surface area contributed by atoms with Gasteiger partial charge < -0.3 is 9.80 Å². The molecular formula is C14H22N2O2S2. The molecule has 0 unspecified atom stereocenters. The van der Waals surface area contributed by atoms with Crippen LogP contribution < -0.4 is 4.90 Å². The third kappa shape index (κ3) is 3.13. The van der Waals surface area contributed by atoms with Crippen molar-refractivity contribution < 1.29 is 8.42 Å². The average molecular weight is 314 g/mol. The summed E-state index contributed by atoms with van der Waals surface area (Å²) in [5.41, 5.74) is 0.832. The standard InChI is InChI=1S/C14H22N2O2S2/c1-15(2)12-9-16(10-13(12)19-3)11-7-5-6-8-14(11)20(4,17)18/h5-8,12-13H,9-10H2,1-4H3/t12-,13+/m1/s1. The van der Waals surface area contributed by atoms with Crippen molar-refractivity contribution >= 4 is 27.3 Å². The molecule has 0 aliphatic carbocycles. The van der Waals surface area contributed by atoms with Crippen molar-refractivity contribution in [1.29, 1.82) is 0 Å². The second-order valence-electron chi connectivity index (χ2n) is 5.45. The molecular weight excluding hydrogens is 292 g/mol. The van der Waals surface area contributed by atoms with Gasteiger partial charge in [-0.25, -0.2) is 8.42 Å². The molecule has 0 spiro atoms. The van der Waals surface area contributed by atoms with Gasteiger partial charge in [0.15, 0.2) is 9.84 Å². The van der Waals surface area contributed by atoms with Crippen LogP contribution in [-0.2, 0) is 9.84 Å². The number of rotatable bonds is 4. The van der Waals surface area contributed by atoms with Gasteiger partial charge in [0.05, 0.1) is 10.6 Å². The molecule has 1 aromatic carbocycles. The Morgan fingerprint density at radius 1 is 1.25 bits per heavy atom. The van der Waals surface area contributed by atoms with E-state index in [9.17, 15) is 8.42 Å². The number of sulfone groups is 1. The van der Waals surface area contributed by atoms with Gasteiger partial charge in [-0.3, -0.25) is 0 Å². The van der Waals surface area contributed by atoms with Crippen molar-refractivity contribution in [1.82, 2.24) is 4.90 Å². The number of hydrogen-bond acceptors (Lipinski definition) is 5. The molecule has 1 saturated heterocycles. The molecule has 1 fully saturated rings. The van der Waals surface area contributed by atoms with Crippen molar-refractivity contribution in [3.8, 4) is 0 Å². The first-order valence-electron chi connectivity index (χ1n) is 6.58. The van der Waals surface area contributed by atoms with E-state index >= 15 is 0 Å². The Bertz CT molecular complexity index is 572. The lowest BCUT2D eigenvalue weighted by Crippen LogP contribution is -2.36. The maximum absolute atomic E-state index is 11.9. The molecule has 4 nitrogen and oxygen atoms in total. The number of hydrogen-bond donors (Lipinski definition) is 0. The number of thioether (sulfide) groups is 1. The molecule has 2 atom stereocenters. The Morgan fingerprint density at radius 2 is 1.90 bits per heavy atom. The number of likely N-dealkylation sites (N-methyl/N-ethyl adjacent to an activating group) is 1. The fourth-order valence-corrected chi connectivity index (χ4v) is 4.59. The van der Waals surface area contributed by atoms with Crippen LogP contribution in [0.25, 0.3) is 0 Å². The average Bonchev–Trinajstić information content (AvgIpc) is 2.82. The van der Waals surface area contributed by atoms with Crippen LogP contribution in [0.1, 0.15) is 0 Å². The molecule has 20 heavy (non-hydrogen) atoms. The van der Waals surface area contributed by atoms with Crippen LogP contribution in [0, 0.1) is 0 Å². The Kier molecular flexibility index (Phi) is 4.66. The highest BCUT2D eigenvalue weighted by Crippen LogP contribution is 2.32. The lowest BCUT2D eigenvalue weighted by molar-refractivity contribution is 0.320. The molecule has 1 aliphatic heterocycles. The van der Waals surface area contributed by atoms with Crippen LogP contribution in [0.5, 0.6) is 0 Å². The zero-order chi connectivity index (χ0) is 14.9. The summed E-state index contributed by atoms with van der Waals surface area (Å²) < 4.78 is 23.9. The summed E-state index contributed by atoms with van der Waals surface area (Å²) in [5, 5.41) is 0.498. The normalized spacial score (nSPS) is 23.6. The second kappa shape index (κ2) is 5.95. The highest BCUT2D eigenvalue weighted by Gasteiger charge is 2.35. The molecule has 0 amide bonds. The summed E-state index contributed by atoms with van der Waals surface area (Å²) in [5.74, 6) is 0. The predicted octanol–water partition coefficient (Wildman–Crippen LogP) is 1.57. The van der Waals surface area contributed by atoms with E-state index in [4.69, 9.17) is 0 Å². The first-order valence-corrected chi connectivity index (χ1v) is 9.75. The number of nitrogens with zero attached hydrogens (tertiary/aromatic N) is 2. The van der Waals surface area contributed by atoms with E-state index in [2.05, 4.69) is 30.2 Å². The molecule has 6 heteroatoms. The Balaban J connectivity index is 2.35. The molecule has 1 aliphatic rings. The SMILES string of the molecule is CS[C@H]1CN(c2ccccc2S(C)(=O)=O)C[C@H]1N(C)C. The molecule has 1 heterocycles. The van der Waals surface area contributed by atoms with Gasteiger partial charge in [-0.15, -0.1) is 0 Å². The summed E-state index contributed by atoms with van der Waals surface area (Å²) >= 11 is 1.85. The summed E-state index contributed by atoms with van der Waals surface area (Å²) in [6.45, 7) is 1.75. The van der Waals surface area contributed by atoms with Gasteiger partial charge in [-0.05, 0) is 32.5 Å². The van der Waals surface area contributed by atoms with Crippen LogP contribution in [0.15, 0.2) is 29.2 Å². The minimum atomic E-state index is -3.19. The van der Waals surface area contributed by atoms with Gasteiger partial charge in [0, 0.05) is 30.6 Å². The first-order chi connectivity index (χ1) is 9.34. The maximum Gasteiger partial charge on any atom is 0.177 e. The highest BCUT2D eigenvalue weighted by molar-refractivity contribution is 7.99. The third-order valence-electron chi connectivity index (χ3n) is 3.81. The minimum Gasteiger partial charge on any atom is -0.368 e. The molecule has 1 aromatic rings. The zero-order valence-corrected chi connectivity index (χ0v) is 14.0. The van der Waals surface area contributed by atoms with Gasteiger partial charge >= 0.3 is 0 Å². The number of anilines is 1. The molecule has 112 valence electrons. The molecule has 0 aromatic heterocycles. The third-order valence-corrected chi connectivity index (χ3v) is 6.02. The van der Waals surface area contributed by atoms with E-state index in [0.29, 0.717) is 16.2 Å². The summed E-state index contributed by atoms with van der Waals surface area (Å²) in [6.07, 6.45) is 3.39. The van der Waals surface area contributed by atoms with Crippen molar-refractivity contribution in [3.63, 3.8) is 0 Å². The van der Waals surface area contributed by atoms with E-state index in [0.717, 1.165) is 18.8 Å². The van der Waals surface area contributed by atoms with Gasteiger partial charge in [0.1, 0.15) is 0 Å². The quantitative estimate of drug-likeness (QED) is 0.844. The van der Waals surface area contributed by atoms with Crippen molar-refractivity contribution in [2.75, 3.05) is 44.6 Å². The molecule has 2 rings (SSSR count). The van der Waals surface area contributed by atoms with Crippen LogP contribution in [-0.4, -0.2) is 64.3 Å². The topological polar surface area (TPSA) is 40.6 Å². The lowest BCUT2D eigenvalue weighted by Gasteiger charge is -2.24. The monoisotopic (exact) mass is 314 g/mol. The highest BCUT2D eigenvalue weighted by atomic mass is 32.2. The van der Waals surface area contributed by atoms with E-state index in [1.165, 1.54) is 6.26 Å². The number of para-hydroxylation sites is 1. The molecule has 0 radical (unpaired) electrons. The Labute approximate surface area is 126 Å². The summed E-state index contributed by atoms with van der Waals surface area (Å²) in [4.78, 5) is 4.85. The minimum absolute atomic E-state index is 0.430. The fraction of sp³-hybridized carbons (Fsp3) is 0.571. The number of benzene rings is 1. The van der Waals surface area contributed by atoms with Crippen LogP contribution in [0.3, 0.4) is 0 Å². The van der Waals surface area contributed by atoms with Gasteiger partial charge in [-0.1, -0.05) is 12.1 Å². The smallest absolute Gasteiger partial charge is 0.177 e. The predicted molar refractivity (Wildman–Crippen MR) is 86.5 cm³/mol. The van der Waals surface area contributed by atoms with Crippen molar-refractivity contribution in [2.45, 2.75) is 16.2 Å². The van der Waals surface area contributed by atoms with E-state index < -0.39 is 9.84 Å². The summed E-state index contributed by atoms with van der Waals surface area (Å²) in [6, 6.07) is 7.73. The Hall–Kier alpha value is -0.720. The maximum atomic E-state index is 11.9. The summed E-state index contributed by atoms with van der Waals surface area (Å²) in [7, 11) is 0.971. The molecule has 0 N–H and O–H groups in total. The molecule has 0 saturated carbocycles. The van der Waals surface area contributed by atoms with Gasteiger partial charge in [0.2, 0.25) is 0 Å². The first kappa shape index (κ1) is 15.7.